The summed E-state index contributed by atoms with van der Waals surface area (Å²) in [4.78, 5) is 11.8. The predicted octanol–water partition coefficient (Wildman–Crippen LogP) is 2.54. The Kier molecular flexibility index (Phi) is 12.7. The van der Waals surface area contributed by atoms with Crippen LogP contribution in [-0.2, 0) is 16.0 Å². The van der Waals surface area contributed by atoms with Gasteiger partial charge < -0.3 is 30.3 Å². The van der Waals surface area contributed by atoms with Gasteiger partial charge in [0.05, 0.1) is 31.5 Å². The summed E-state index contributed by atoms with van der Waals surface area (Å²) >= 11 is 0. The molecule has 1 aromatic rings. The Balaban J connectivity index is 1.72. The number of ether oxygens (including phenoxy) is 1. The number of allylic oxidation sites excluding steroid dienone is 2. The molecule has 1 saturated carbocycles. The lowest BCUT2D eigenvalue weighted by Crippen LogP contribution is -2.32. The number of aryl methyl sites for hydroxylation is 1. The van der Waals surface area contributed by atoms with Gasteiger partial charge in [0.25, 0.3) is 0 Å². The second-order valence-corrected chi connectivity index (χ2v) is 9.98. The van der Waals surface area contributed by atoms with Crippen molar-refractivity contribution in [3.8, 4) is 0 Å². The van der Waals surface area contributed by atoms with Gasteiger partial charge in [0.15, 0.2) is 0 Å². The number of aliphatic hydroxyl groups excluding tert-OH is 5. The van der Waals surface area contributed by atoms with E-state index in [1.165, 1.54) is 5.56 Å². The molecule has 0 aromatic heterocycles. The van der Waals surface area contributed by atoms with E-state index in [4.69, 9.17) is 4.74 Å². The number of hydrogen-bond acceptors (Lipinski definition) is 7. The van der Waals surface area contributed by atoms with Gasteiger partial charge in [-0.15, -0.1) is 0 Å². The van der Waals surface area contributed by atoms with Gasteiger partial charge in [-0.2, -0.15) is 0 Å². The molecule has 0 aliphatic heterocycles. The number of unbranched alkanes of at least 4 members (excludes halogenated alkanes) is 1. The Bertz CT molecular complexity index is 788. The van der Waals surface area contributed by atoms with Gasteiger partial charge >= 0.3 is 5.97 Å². The van der Waals surface area contributed by atoms with Gasteiger partial charge in [-0.3, -0.25) is 4.79 Å². The number of benzene rings is 1. The highest BCUT2D eigenvalue weighted by atomic mass is 16.5. The number of esters is 1. The van der Waals surface area contributed by atoms with Crippen LogP contribution in [0.5, 0.6) is 0 Å². The van der Waals surface area contributed by atoms with Crippen LogP contribution in [0.1, 0.15) is 51.0 Å². The number of carbonyl (C=O) groups excluding carboxylic acids is 1. The first kappa shape index (κ1) is 29.2. The van der Waals surface area contributed by atoms with Crippen molar-refractivity contribution in [3.05, 3.63) is 60.2 Å². The van der Waals surface area contributed by atoms with E-state index in [9.17, 15) is 30.3 Å². The molecule has 0 heterocycles. The maximum Gasteiger partial charge on any atom is 0.305 e. The summed E-state index contributed by atoms with van der Waals surface area (Å²) in [7, 11) is 0. The minimum atomic E-state index is -0.828. The van der Waals surface area contributed by atoms with Crippen molar-refractivity contribution >= 4 is 5.97 Å². The molecule has 196 valence electrons. The smallest absolute Gasteiger partial charge is 0.305 e. The first-order chi connectivity index (χ1) is 16.8. The fourth-order valence-electron chi connectivity index (χ4n) is 4.22. The van der Waals surface area contributed by atoms with Crippen LogP contribution in [0.2, 0.25) is 0 Å². The Morgan fingerprint density at radius 2 is 1.86 bits per heavy atom. The summed E-state index contributed by atoms with van der Waals surface area (Å²) in [5.41, 5.74) is 0.340. The third kappa shape index (κ3) is 10.2. The van der Waals surface area contributed by atoms with E-state index in [0.29, 0.717) is 32.1 Å². The molecule has 0 amide bonds. The summed E-state index contributed by atoms with van der Waals surface area (Å²) in [5.74, 6) is -0.710. The molecule has 0 unspecified atom stereocenters. The van der Waals surface area contributed by atoms with Gasteiger partial charge in [0.1, 0.15) is 6.61 Å². The molecular weight excluding hydrogens is 448 g/mol. The molecule has 1 fully saturated rings. The molecule has 0 spiro atoms. The lowest BCUT2D eigenvalue weighted by Gasteiger charge is -2.23. The van der Waals surface area contributed by atoms with Gasteiger partial charge in [-0.05, 0) is 43.6 Å². The Hall–Kier alpha value is -2.03. The number of carbonyl (C=O) groups is 1. The molecular formula is C28H42O7. The van der Waals surface area contributed by atoms with E-state index in [-0.39, 0.29) is 44.0 Å². The second-order valence-electron chi connectivity index (χ2n) is 9.98. The molecule has 0 radical (unpaired) electrons. The molecule has 0 saturated heterocycles. The van der Waals surface area contributed by atoms with Gasteiger partial charge in [-0.1, -0.05) is 61.6 Å². The van der Waals surface area contributed by atoms with Crippen LogP contribution in [-0.4, -0.2) is 69.6 Å². The fourth-order valence-corrected chi connectivity index (χ4v) is 4.22. The fraction of sp³-hybridized carbons (Fsp3) is 0.607. The van der Waals surface area contributed by atoms with Crippen molar-refractivity contribution in [2.45, 2.75) is 70.2 Å². The van der Waals surface area contributed by atoms with Crippen molar-refractivity contribution in [3.63, 3.8) is 0 Å². The average molecular weight is 491 g/mol. The Labute approximate surface area is 208 Å². The molecule has 7 nitrogen and oxygen atoms in total. The average Bonchev–Trinajstić information content (AvgIpc) is 3.14. The van der Waals surface area contributed by atoms with Crippen LogP contribution in [0, 0.1) is 17.3 Å². The largest absolute Gasteiger partial charge is 0.465 e. The molecule has 1 aliphatic carbocycles. The third-order valence-electron chi connectivity index (χ3n) is 6.71. The highest BCUT2D eigenvalue weighted by molar-refractivity contribution is 5.69. The zero-order valence-electron chi connectivity index (χ0n) is 20.7. The minimum Gasteiger partial charge on any atom is -0.465 e. The highest BCUT2D eigenvalue weighted by Crippen LogP contribution is 2.36. The van der Waals surface area contributed by atoms with Gasteiger partial charge in [0, 0.05) is 24.2 Å². The highest BCUT2D eigenvalue weighted by Gasteiger charge is 2.39. The van der Waals surface area contributed by atoms with E-state index in [0.717, 1.165) is 6.42 Å². The number of aliphatic hydroxyl groups is 5. The second kappa shape index (κ2) is 15.2. The Morgan fingerprint density at radius 1 is 1.14 bits per heavy atom. The molecule has 5 N–H and O–H groups in total. The quantitative estimate of drug-likeness (QED) is 0.145. The number of rotatable bonds is 15. The molecule has 2 rings (SSSR count). The molecule has 1 aliphatic rings. The van der Waals surface area contributed by atoms with Crippen LogP contribution in [0.3, 0.4) is 0 Å². The standard InChI is InChI=1S/C28H42O7/c1-28(18-29,19-30)20-35-27(34)12-8-3-2-7-11-23-24(26(33)17-25(23)32)16-15-22(31)14-13-21-9-5-4-6-10-21/h2,4-7,9-10,15-16,22-26,29-33H,3,8,11-14,17-20H2,1H3/b7-2-,16-15+/t22-,23-,24-,25+,26-/m1/s1. The zero-order chi connectivity index (χ0) is 25.7. The maximum absolute atomic E-state index is 11.8. The van der Waals surface area contributed by atoms with E-state index >= 15 is 0 Å². The Morgan fingerprint density at radius 3 is 2.54 bits per heavy atom. The molecule has 5 atom stereocenters. The van der Waals surface area contributed by atoms with Gasteiger partial charge in [-0.25, -0.2) is 0 Å². The summed E-state index contributed by atoms with van der Waals surface area (Å²) in [6.45, 7) is 1.10. The summed E-state index contributed by atoms with van der Waals surface area (Å²) in [6, 6.07) is 9.98. The minimum absolute atomic E-state index is 0.0214. The van der Waals surface area contributed by atoms with Crippen LogP contribution < -0.4 is 0 Å². The zero-order valence-corrected chi connectivity index (χ0v) is 20.7. The third-order valence-corrected chi connectivity index (χ3v) is 6.71. The summed E-state index contributed by atoms with van der Waals surface area (Å²) in [5, 5.41) is 49.6. The first-order valence-corrected chi connectivity index (χ1v) is 12.6. The monoisotopic (exact) mass is 490 g/mol. The normalized spacial score (nSPS) is 23.8. The molecule has 7 heteroatoms. The SMILES string of the molecule is CC(CO)(CO)COC(=O)CCC/C=C\C[C@@H]1[C@@H](/C=C/[C@H](O)CCc2ccccc2)[C@H](O)C[C@@H]1O. The van der Waals surface area contributed by atoms with Crippen molar-refractivity contribution < 1.29 is 35.1 Å². The topological polar surface area (TPSA) is 127 Å². The summed E-state index contributed by atoms with van der Waals surface area (Å²) in [6.07, 6.45) is 9.47. The van der Waals surface area contributed by atoms with E-state index in [1.54, 1.807) is 13.0 Å². The van der Waals surface area contributed by atoms with Crippen molar-refractivity contribution in [1.82, 2.24) is 0 Å². The first-order valence-electron chi connectivity index (χ1n) is 12.6. The summed E-state index contributed by atoms with van der Waals surface area (Å²) < 4.78 is 5.13. The lowest BCUT2D eigenvalue weighted by atomic mass is 9.89. The van der Waals surface area contributed by atoms with E-state index in [1.807, 2.05) is 48.6 Å². The van der Waals surface area contributed by atoms with Crippen molar-refractivity contribution in [2.75, 3.05) is 19.8 Å². The van der Waals surface area contributed by atoms with E-state index < -0.39 is 23.7 Å². The van der Waals surface area contributed by atoms with Crippen molar-refractivity contribution in [1.29, 1.82) is 0 Å². The molecule has 0 bridgehead atoms. The molecule has 35 heavy (non-hydrogen) atoms. The van der Waals surface area contributed by atoms with E-state index in [2.05, 4.69) is 0 Å². The predicted molar refractivity (Wildman–Crippen MR) is 134 cm³/mol. The van der Waals surface area contributed by atoms with Crippen LogP contribution in [0.25, 0.3) is 0 Å². The molecule has 1 aromatic carbocycles. The lowest BCUT2D eigenvalue weighted by molar-refractivity contribution is -0.149. The number of hydrogen-bond donors (Lipinski definition) is 5. The van der Waals surface area contributed by atoms with Gasteiger partial charge in [0.2, 0.25) is 0 Å². The maximum atomic E-state index is 11.8. The van der Waals surface area contributed by atoms with Crippen LogP contribution >= 0.6 is 0 Å². The van der Waals surface area contributed by atoms with Crippen LogP contribution in [0.15, 0.2) is 54.6 Å². The van der Waals surface area contributed by atoms with Crippen LogP contribution in [0.4, 0.5) is 0 Å². The van der Waals surface area contributed by atoms with Crippen molar-refractivity contribution in [2.24, 2.45) is 17.3 Å².